The second kappa shape index (κ2) is 8.58. The first-order chi connectivity index (χ1) is 17.5. The highest BCUT2D eigenvalue weighted by Crippen LogP contribution is 2.65. The van der Waals surface area contributed by atoms with Crippen LogP contribution in [0.25, 0.3) is 21.9 Å². The van der Waals surface area contributed by atoms with Crippen LogP contribution in [0.5, 0.6) is 5.75 Å². The van der Waals surface area contributed by atoms with Crippen molar-refractivity contribution in [2.75, 3.05) is 6.26 Å². The van der Waals surface area contributed by atoms with Crippen molar-refractivity contribution < 1.29 is 5.11 Å². The fourth-order valence-corrected chi connectivity index (χ4v) is 9.60. The van der Waals surface area contributed by atoms with E-state index in [1.165, 1.54) is 54.3 Å². The number of thioether (sulfide) groups is 1. The van der Waals surface area contributed by atoms with Gasteiger partial charge in [0.2, 0.25) is 0 Å². The van der Waals surface area contributed by atoms with Crippen LogP contribution >= 0.6 is 23.5 Å². The maximum absolute atomic E-state index is 11.5. The SMILES string of the molecule is CSc1cc2c(O)cc3c(c2cc1Sc1ccccc1)-c1ccc(C)cc1C31CC(C)(C)CC(C)(C)C1. The normalized spacial score (nSPS) is 18.6. The van der Waals surface area contributed by atoms with Crippen molar-refractivity contribution in [2.45, 2.75) is 74.0 Å². The average molecular weight is 525 g/mol. The zero-order valence-corrected chi connectivity index (χ0v) is 24.4. The first-order valence-electron chi connectivity index (χ1n) is 13.2. The maximum atomic E-state index is 11.5. The summed E-state index contributed by atoms with van der Waals surface area (Å²) >= 11 is 3.56. The lowest BCUT2D eigenvalue weighted by Crippen LogP contribution is -2.43. The van der Waals surface area contributed by atoms with E-state index in [1.807, 2.05) is 11.8 Å². The van der Waals surface area contributed by atoms with E-state index >= 15 is 0 Å². The highest BCUT2D eigenvalue weighted by atomic mass is 32.2. The molecule has 1 nitrogen and oxygen atoms in total. The summed E-state index contributed by atoms with van der Waals surface area (Å²) in [6.07, 6.45) is 5.55. The summed E-state index contributed by atoms with van der Waals surface area (Å²) in [5, 5.41) is 13.7. The van der Waals surface area contributed by atoms with E-state index in [4.69, 9.17) is 0 Å². The van der Waals surface area contributed by atoms with Gasteiger partial charge in [-0.2, -0.15) is 0 Å². The lowest BCUT2D eigenvalue weighted by molar-refractivity contribution is 0.0645. The first-order valence-corrected chi connectivity index (χ1v) is 15.3. The quantitative estimate of drug-likeness (QED) is 0.269. The van der Waals surface area contributed by atoms with Crippen LogP contribution in [0.15, 0.2) is 81.4 Å². The largest absolute Gasteiger partial charge is 0.507 e. The van der Waals surface area contributed by atoms with E-state index in [0.29, 0.717) is 5.75 Å². The Morgan fingerprint density at radius 1 is 0.730 bits per heavy atom. The second-order valence-electron chi connectivity index (χ2n) is 12.8. The Morgan fingerprint density at radius 3 is 2.08 bits per heavy atom. The van der Waals surface area contributed by atoms with E-state index in [1.54, 1.807) is 11.8 Å². The van der Waals surface area contributed by atoms with Crippen LogP contribution in [0.2, 0.25) is 0 Å². The molecule has 4 aromatic carbocycles. The molecule has 1 N–H and O–H groups in total. The number of fused-ring (bicyclic) bond motifs is 7. The summed E-state index contributed by atoms with van der Waals surface area (Å²) in [6, 6.07) is 24.3. The molecule has 4 aromatic rings. The van der Waals surface area contributed by atoms with Crippen molar-refractivity contribution in [3.05, 3.63) is 83.4 Å². The molecule has 1 saturated carbocycles. The lowest BCUT2D eigenvalue weighted by Gasteiger charge is -2.51. The van der Waals surface area contributed by atoms with Crippen LogP contribution < -0.4 is 0 Å². The minimum atomic E-state index is -0.0848. The summed E-state index contributed by atoms with van der Waals surface area (Å²) in [5.41, 5.74) is 7.13. The monoisotopic (exact) mass is 524 g/mol. The molecular formula is C34H36OS2. The third-order valence-electron chi connectivity index (χ3n) is 8.36. The van der Waals surface area contributed by atoms with Crippen molar-refractivity contribution in [1.29, 1.82) is 0 Å². The predicted octanol–water partition coefficient (Wildman–Crippen LogP) is 10.2. The topological polar surface area (TPSA) is 20.2 Å². The van der Waals surface area contributed by atoms with Crippen molar-refractivity contribution in [2.24, 2.45) is 10.8 Å². The molecule has 0 bridgehead atoms. The van der Waals surface area contributed by atoms with Crippen molar-refractivity contribution in [3.63, 3.8) is 0 Å². The molecule has 0 aliphatic heterocycles. The Morgan fingerprint density at radius 2 is 1.41 bits per heavy atom. The smallest absolute Gasteiger partial charge is 0.123 e. The highest BCUT2D eigenvalue weighted by Gasteiger charge is 2.53. The van der Waals surface area contributed by atoms with Gasteiger partial charge in [-0.05, 0) is 101 Å². The van der Waals surface area contributed by atoms with Gasteiger partial charge in [-0.3, -0.25) is 0 Å². The molecule has 0 heterocycles. The van der Waals surface area contributed by atoms with E-state index < -0.39 is 0 Å². The number of phenolic OH excluding ortho intramolecular Hbond substituents is 1. The van der Waals surface area contributed by atoms with Gasteiger partial charge in [0.25, 0.3) is 0 Å². The number of phenols is 1. The van der Waals surface area contributed by atoms with Crippen LogP contribution in [0.4, 0.5) is 0 Å². The molecule has 1 fully saturated rings. The Bertz CT molecular complexity index is 1520. The standard InChI is InChI=1S/C34H36OS2/c1-21-12-13-23-26(14-21)34(19-32(2,3)18-33(4,5)20-34)27-17-28(35)24-15-29(36-6)30(16-25(24)31(23)27)37-22-10-8-7-9-11-22/h7-17,35H,18-20H2,1-6H3. The molecule has 0 aromatic heterocycles. The molecule has 0 saturated heterocycles. The first kappa shape index (κ1) is 24.9. The van der Waals surface area contributed by atoms with E-state index in [9.17, 15) is 5.11 Å². The Balaban J connectivity index is 1.67. The molecule has 37 heavy (non-hydrogen) atoms. The van der Waals surface area contributed by atoms with Crippen molar-refractivity contribution >= 4 is 34.3 Å². The molecule has 6 rings (SSSR count). The molecule has 0 radical (unpaired) electrons. The molecule has 2 aliphatic rings. The Kier molecular flexibility index (Phi) is 5.78. The fourth-order valence-electron chi connectivity index (χ4n) is 7.85. The molecule has 3 heteroatoms. The summed E-state index contributed by atoms with van der Waals surface area (Å²) in [5.74, 6) is 0.408. The number of hydrogen-bond donors (Lipinski definition) is 1. The Hall–Kier alpha value is -2.36. The molecule has 0 atom stereocenters. The van der Waals surface area contributed by atoms with Crippen LogP contribution in [-0.2, 0) is 5.41 Å². The third-order valence-corrected chi connectivity index (χ3v) is 10.3. The molecule has 190 valence electrons. The third kappa shape index (κ3) is 4.10. The van der Waals surface area contributed by atoms with Crippen molar-refractivity contribution in [1.82, 2.24) is 0 Å². The zero-order chi connectivity index (χ0) is 26.2. The highest BCUT2D eigenvalue weighted by molar-refractivity contribution is 8.02. The lowest BCUT2D eigenvalue weighted by atomic mass is 9.52. The van der Waals surface area contributed by atoms with Gasteiger partial charge >= 0.3 is 0 Å². The Labute approximate surface area is 230 Å². The van der Waals surface area contributed by atoms with Crippen LogP contribution in [0, 0.1) is 17.8 Å². The number of rotatable bonds is 3. The van der Waals surface area contributed by atoms with Gasteiger partial charge in [0.05, 0.1) is 0 Å². The van der Waals surface area contributed by atoms with Gasteiger partial charge < -0.3 is 5.11 Å². The minimum absolute atomic E-state index is 0.0848. The molecule has 0 unspecified atom stereocenters. The summed E-state index contributed by atoms with van der Waals surface area (Å²) in [6.45, 7) is 11.9. The number of aromatic hydroxyl groups is 1. The predicted molar refractivity (Wildman–Crippen MR) is 160 cm³/mol. The number of aryl methyl sites for hydroxylation is 1. The average Bonchev–Trinajstić information content (AvgIpc) is 3.05. The molecular weight excluding hydrogens is 489 g/mol. The summed E-state index contributed by atoms with van der Waals surface area (Å²) < 4.78 is 0. The van der Waals surface area contributed by atoms with Gasteiger partial charge in [0.1, 0.15) is 5.75 Å². The van der Waals surface area contributed by atoms with Crippen LogP contribution in [-0.4, -0.2) is 11.4 Å². The molecule has 0 amide bonds. The molecule has 1 spiro atoms. The minimum Gasteiger partial charge on any atom is -0.507 e. The van der Waals surface area contributed by atoms with Gasteiger partial charge in [-0.1, -0.05) is 81.4 Å². The van der Waals surface area contributed by atoms with Gasteiger partial charge in [0.15, 0.2) is 0 Å². The van der Waals surface area contributed by atoms with Crippen molar-refractivity contribution in [3.8, 4) is 16.9 Å². The summed E-state index contributed by atoms with van der Waals surface area (Å²) in [7, 11) is 0. The van der Waals surface area contributed by atoms with Gasteiger partial charge in [0, 0.05) is 25.5 Å². The number of hydrogen-bond acceptors (Lipinski definition) is 3. The second-order valence-corrected chi connectivity index (χ2v) is 14.7. The summed E-state index contributed by atoms with van der Waals surface area (Å²) in [4.78, 5) is 3.68. The van der Waals surface area contributed by atoms with Gasteiger partial charge in [-0.15, -0.1) is 11.8 Å². The van der Waals surface area contributed by atoms with E-state index in [0.717, 1.165) is 18.2 Å². The fraction of sp³-hybridized carbons (Fsp3) is 0.353. The number of benzene rings is 4. The maximum Gasteiger partial charge on any atom is 0.123 e. The van der Waals surface area contributed by atoms with E-state index in [-0.39, 0.29) is 16.2 Å². The van der Waals surface area contributed by atoms with Gasteiger partial charge in [-0.25, -0.2) is 0 Å². The van der Waals surface area contributed by atoms with Crippen LogP contribution in [0.3, 0.4) is 0 Å². The molecule has 2 aliphatic carbocycles. The van der Waals surface area contributed by atoms with E-state index in [2.05, 4.69) is 108 Å². The zero-order valence-electron chi connectivity index (χ0n) is 22.7. The van der Waals surface area contributed by atoms with Crippen LogP contribution in [0.1, 0.15) is 63.6 Å².